The third-order valence-electron chi connectivity index (χ3n) is 3.44. The van der Waals surface area contributed by atoms with E-state index in [0.29, 0.717) is 18.9 Å². The van der Waals surface area contributed by atoms with Gasteiger partial charge in [-0.2, -0.15) is 0 Å². The molecule has 1 aliphatic heterocycles. The Morgan fingerprint density at radius 2 is 2.19 bits per heavy atom. The van der Waals surface area contributed by atoms with E-state index in [0.717, 1.165) is 16.3 Å². The van der Waals surface area contributed by atoms with Crippen molar-refractivity contribution >= 4 is 29.3 Å². The molecule has 2 rings (SSSR count). The maximum atomic E-state index is 12.3. The van der Waals surface area contributed by atoms with Gasteiger partial charge in [0.1, 0.15) is 0 Å². The SMILES string of the molecule is CC1COC(CO)CN1C(=O)CSCc1ccc(Cl)cc1. The van der Waals surface area contributed by atoms with Crippen molar-refractivity contribution in [2.45, 2.75) is 24.8 Å². The first-order valence-electron chi connectivity index (χ1n) is 6.94. The summed E-state index contributed by atoms with van der Waals surface area (Å²) in [6.45, 7) is 2.88. The molecular weight excluding hydrogens is 310 g/mol. The van der Waals surface area contributed by atoms with Crippen molar-refractivity contribution in [3.63, 3.8) is 0 Å². The highest BCUT2D eigenvalue weighted by molar-refractivity contribution is 7.99. The lowest BCUT2D eigenvalue weighted by atomic mass is 10.2. The Morgan fingerprint density at radius 1 is 1.48 bits per heavy atom. The maximum Gasteiger partial charge on any atom is 0.232 e. The number of aliphatic hydroxyl groups is 1. The van der Waals surface area contributed by atoms with Crippen molar-refractivity contribution < 1.29 is 14.6 Å². The van der Waals surface area contributed by atoms with Crippen LogP contribution < -0.4 is 0 Å². The van der Waals surface area contributed by atoms with Gasteiger partial charge in [0.25, 0.3) is 0 Å². The molecule has 0 aromatic heterocycles. The van der Waals surface area contributed by atoms with Gasteiger partial charge in [-0.15, -0.1) is 11.8 Å². The predicted octanol–water partition coefficient (Wildman–Crippen LogP) is 2.18. The highest BCUT2D eigenvalue weighted by atomic mass is 35.5. The number of morpholine rings is 1. The van der Waals surface area contributed by atoms with Crippen molar-refractivity contribution in [3.05, 3.63) is 34.9 Å². The Kier molecular flexibility index (Phi) is 6.36. The van der Waals surface area contributed by atoms with E-state index >= 15 is 0 Å². The Hall–Kier alpha value is -0.750. The van der Waals surface area contributed by atoms with Gasteiger partial charge in [-0.3, -0.25) is 4.79 Å². The molecular formula is C15H20ClNO3S. The number of hydrogen-bond donors (Lipinski definition) is 1. The molecule has 21 heavy (non-hydrogen) atoms. The molecule has 2 atom stereocenters. The van der Waals surface area contributed by atoms with Crippen molar-refractivity contribution in [2.24, 2.45) is 0 Å². The quantitative estimate of drug-likeness (QED) is 0.899. The Bertz CT molecular complexity index is 468. The zero-order chi connectivity index (χ0) is 15.2. The summed E-state index contributed by atoms with van der Waals surface area (Å²) in [5.41, 5.74) is 1.15. The molecule has 2 unspecified atom stereocenters. The summed E-state index contributed by atoms with van der Waals surface area (Å²) in [6, 6.07) is 7.72. The minimum atomic E-state index is -0.258. The van der Waals surface area contributed by atoms with E-state index < -0.39 is 0 Å². The fourth-order valence-corrected chi connectivity index (χ4v) is 3.19. The van der Waals surface area contributed by atoms with Gasteiger partial charge in [0, 0.05) is 17.3 Å². The third kappa shape index (κ3) is 4.88. The lowest BCUT2D eigenvalue weighted by molar-refractivity contribution is -0.143. The second-order valence-electron chi connectivity index (χ2n) is 5.15. The molecule has 1 N–H and O–H groups in total. The topological polar surface area (TPSA) is 49.8 Å². The molecule has 116 valence electrons. The number of halogens is 1. The summed E-state index contributed by atoms with van der Waals surface area (Å²) in [5.74, 6) is 1.32. The molecule has 1 saturated heterocycles. The fourth-order valence-electron chi connectivity index (χ4n) is 2.20. The Labute approximate surface area is 134 Å². The zero-order valence-corrected chi connectivity index (χ0v) is 13.6. The second-order valence-corrected chi connectivity index (χ2v) is 6.57. The highest BCUT2D eigenvalue weighted by Crippen LogP contribution is 2.18. The monoisotopic (exact) mass is 329 g/mol. The van der Waals surface area contributed by atoms with E-state index in [1.54, 1.807) is 16.7 Å². The number of carbonyl (C=O) groups is 1. The van der Waals surface area contributed by atoms with Crippen molar-refractivity contribution in [3.8, 4) is 0 Å². The fraction of sp³-hybridized carbons (Fsp3) is 0.533. The van der Waals surface area contributed by atoms with Crippen molar-refractivity contribution in [2.75, 3.05) is 25.5 Å². The Balaban J connectivity index is 1.79. The molecule has 1 amide bonds. The van der Waals surface area contributed by atoms with Gasteiger partial charge < -0.3 is 14.7 Å². The molecule has 0 bridgehead atoms. The molecule has 4 nitrogen and oxygen atoms in total. The van der Waals surface area contributed by atoms with Gasteiger partial charge in [-0.05, 0) is 24.6 Å². The molecule has 0 radical (unpaired) electrons. The van der Waals surface area contributed by atoms with Crippen LogP contribution in [0.15, 0.2) is 24.3 Å². The standard InChI is InChI=1S/C15H20ClNO3S/c1-11-8-20-14(7-18)6-17(11)15(19)10-21-9-12-2-4-13(16)5-3-12/h2-5,11,14,18H,6-10H2,1H3. The number of hydrogen-bond acceptors (Lipinski definition) is 4. The average Bonchev–Trinajstić information content (AvgIpc) is 2.49. The van der Waals surface area contributed by atoms with E-state index in [4.69, 9.17) is 21.4 Å². The van der Waals surface area contributed by atoms with Crippen LogP contribution in [0.1, 0.15) is 12.5 Å². The molecule has 0 spiro atoms. The molecule has 1 aromatic carbocycles. The van der Waals surface area contributed by atoms with Crippen LogP contribution in [-0.4, -0.2) is 53.6 Å². The summed E-state index contributed by atoms with van der Waals surface area (Å²) in [6.07, 6.45) is -0.258. The summed E-state index contributed by atoms with van der Waals surface area (Å²) in [5, 5.41) is 9.86. The largest absolute Gasteiger partial charge is 0.394 e. The summed E-state index contributed by atoms with van der Waals surface area (Å²) in [4.78, 5) is 14.1. The molecule has 6 heteroatoms. The van der Waals surface area contributed by atoms with E-state index in [9.17, 15) is 4.79 Å². The third-order valence-corrected chi connectivity index (χ3v) is 4.68. The molecule has 0 aliphatic carbocycles. The van der Waals surface area contributed by atoms with Gasteiger partial charge >= 0.3 is 0 Å². The summed E-state index contributed by atoms with van der Waals surface area (Å²) >= 11 is 7.43. The van der Waals surface area contributed by atoms with Crippen LogP contribution in [0.4, 0.5) is 0 Å². The first-order chi connectivity index (χ1) is 10.1. The molecule has 1 aliphatic rings. The lowest BCUT2D eigenvalue weighted by Crippen LogP contribution is -2.52. The highest BCUT2D eigenvalue weighted by Gasteiger charge is 2.28. The lowest BCUT2D eigenvalue weighted by Gasteiger charge is -2.37. The van der Waals surface area contributed by atoms with Crippen LogP contribution in [0.2, 0.25) is 5.02 Å². The first-order valence-corrected chi connectivity index (χ1v) is 8.47. The number of rotatable bonds is 5. The maximum absolute atomic E-state index is 12.3. The van der Waals surface area contributed by atoms with Crippen LogP contribution >= 0.6 is 23.4 Å². The number of amides is 1. The number of aliphatic hydroxyl groups excluding tert-OH is 1. The van der Waals surface area contributed by atoms with Crippen molar-refractivity contribution in [1.29, 1.82) is 0 Å². The summed E-state index contributed by atoms with van der Waals surface area (Å²) in [7, 11) is 0. The van der Waals surface area contributed by atoms with Crippen LogP contribution in [-0.2, 0) is 15.3 Å². The predicted molar refractivity (Wildman–Crippen MR) is 85.6 cm³/mol. The normalized spacial score (nSPS) is 22.3. The van der Waals surface area contributed by atoms with Crippen LogP contribution in [0, 0.1) is 0 Å². The summed E-state index contributed by atoms with van der Waals surface area (Å²) < 4.78 is 5.44. The molecule has 1 aromatic rings. The number of benzene rings is 1. The van der Waals surface area contributed by atoms with Gasteiger partial charge in [-0.1, -0.05) is 23.7 Å². The van der Waals surface area contributed by atoms with Crippen molar-refractivity contribution in [1.82, 2.24) is 4.90 Å². The van der Waals surface area contributed by atoms with Gasteiger partial charge in [0.05, 0.1) is 31.1 Å². The van der Waals surface area contributed by atoms with Gasteiger partial charge in [0.2, 0.25) is 5.91 Å². The minimum absolute atomic E-state index is 0.0472. The average molecular weight is 330 g/mol. The number of nitrogens with zero attached hydrogens (tertiary/aromatic N) is 1. The number of ether oxygens (including phenoxy) is 1. The van der Waals surface area contributed by atoms with Crippen LogP contribution in [0.5, 0.6) is 0 Å². The molecule has 1 fully saturated rings. The number of thioether (sulfide) groups is 1. The number of carbonyl (C=O) groups excluding carboxylic acids is 1. The smallest absolute Gasteiger partial charge is 0.232 e. The van der Waals surface area contributed by atoms with E-state index in [2.05, 4.69) is 0 Å². The van der Waals surface area contributed by atoms with E-state index in [1.165, 1.54) is 0 Å². The van der Waals surface area contributed by atoms with E-state index in [1.807, 2.05) is 31.2 Å². The zero-order valence-electron chi connectivity index (χ0n) is 12.0. The van der Waals surface area contributed by atoms with Crippen LogP contribution in [0.25, 0.3) is 0 Å². The molecule has 0 saturated carbocycles. The van der Waals surface area contributed by atoms with E-state index in [-0.39, 0.29) is 24.7 Å². The van der Waals surface area contributed by atoms with Gasteiger partial charge in [-0.25, -0.2) is 0 Å². The van der Waals surface area contributed by atoms with Crippen LogP contribution in [0.3, 0.4) is 0 Å². The van der Waals surface area contributed by atoms with Gasteiger partial charge in [0.15, 0.2) is 0 Å². The molecule has 1 heterocycles. The second kappa shape index (κ2) is 8.03. The Morgan fingerprint density at radius 3 is 2.86 bits per heavy atom. The first kappa shape index (κ1) is 16.6. The minimum Gasteiger partial charge on any atom is -0.394 e.